The maximum absolute atomic E-state index is 12.0. The lowest BCUT2D eigenvalue weighted by molar-refractivity contribution is -0.384. The molecule has 0 aromatic heterocycles. The highest BCUT2D eigenvalue weighted by Crippen LogP contribution is 2.23. The number of nitrogens with zero attached hydrogens (tertiary/aromatic N) is 2. The molecule has 10 heteroatoms. The molecule has 1 N–H and O–H groups in total. The second-order valence-electron chi connectivity index (χ2n) is 5.44. The molecule has 9 nitrogen and oxygen atoms in total. The number of methoxy groups -OCH3 is 1. The van der Waals surface area contributed by atoms with Crippen molar-refractivity contribution >= 4 is 34.9 Å². The van der Waals surface area contributed by atoms with Crippen molar-refractivity contribution in [2.75, 3.05) is 19.0 Å². The van der Waals surface area contributed by atoms with Crippen LogP contribution in [0, 0.1) is 21.4 Å². The Morgan fingerprint density at radius 3 is 2.68 bits per heavy atom. The van der Waals surface area contributed by atoms with Crippen molar-refractivity contribution in [2.24, 2.45) is 0 Å². The lowest BCUT2D eigenvalue weighted by atomic mass is 10.1. The van der Waals surface area contributed by atoms with E-state index in [1.165, 1.54) is 13.2 Å². The van der Waals surface area contributed by atoms with Gasteiger partial charge in [-0.15, -0.1) is 0 Å². The van der Waals surface area contributed by atoms with Gasteiger partial charge in [0.15, 0.2) is 6.61 Å². The van der Waals surface area contributed by atoms with Gasteiger partial charge in [0, 0.05) is 22.7 Å². The highest BCUT2D eigenvalue weighted by atomic mass is 35.5. The third-order valence-corrected chi connectivity index (χ3v) is 3.79. The van der Waals surface area contributed by atoms with Crippen molar-refractivity contribution in [3.63, 3.8) is 0 Å². The smallest absolute Gasteiger partial charge is 0.310 e. The molecule has 0 aliphatic heterocycles. The van der Waals surface area contributed by atoms with Gasteiger partial charge in [0.25, 0.3) is 11.6 Å². The molecule has 0 radical (unpaired) electrons. The zero-order chi connectivity index (χ0) is 20.7. The number of nitro groups is 1. The minimum Gasteiger partial charge on any atom is -0.496 e. The van der Waals surface area contributed by atoms with Crippen LogP contribution in [0.1, 0.15) is 11.1 Å². The zero-order valence-electron chi connectivity index (χ0n) is 14.6. The highest BCUT2D eigenvalue weighted by Gasteiger charge is 2.15. The van der Waals surface area contributed by atoms with Gasteiger partial charge in [-0.25, -0.2) is 0 Å². The molecule has 0 aliphatic rings. The fourth-order valence-electron chi connectivity index (χ4n) is 2.27. The molecule has 0 spiro atoms. The molecular weight excluding hydrogens is 390 g/mol. The molecule has 0 bridgehead atoms. The average Bonchev–Trinajstić information content (AvgIpc) is 2.66. The van der Waals surface area contributed by atoms with E-state index in [9.17, 15) is 19.7 Å². The molecule has 1 amide bonds. The van der Waals surface area contributed by atoms with Crippen LogP contribution >= 0.6 is 11.6 Å². The number of hydrogen-bond donors (Lipinski definition) is 1. The van der Waals surface area contributed by atoms with Gasteiger partial charge in [0.1, 0.15) is 11.8 Å². The number of halogens is 1. The van der Waals surface area contributed by atoms with Gasteiger partial charge >= 0.3 is 5.97 Å². The first-order valence-electron chi connectivity index (χ1n) is 7.80. The molecule has 0 heterocycles. The molecule has 2 rings (SSSR count). The number of nitro benzene ring substituents is 1. The Labute approximate surface area is 164 Å². The summed E-state index contributed by atoms with van der Waals surface area (Å²) in [6.45, 7) is -0.594. The van der Waals surface area contributed by atoms with Gasteiger partial charge < -0.3 is 14.8 Å². The Kier molecular flexibility index (Phi) is 6.90. The molecule has 0 fully saturated rings. The van der Waals surface area contributed by atoms with E-state index < -0.39 is 23.4 Å². The summed E-state index contributed by atoms with van der Waals surface area (Å²) in [6.07, 6.45) is -0.155. The number of anilines is 1. The van der Waals surface area contributed by atoms with Crippen LogP contribution < -0.4 is 10.1 Å². The summed E-state index contributed by atoms with van der Waals surface area (Å²) in [4.78, 5) is 34.0. The van der Waals surface area contributed by atoms with Gasteiger partial charge in [0.2, 0.25) is 0 Å². The van der Waals surface area contributed by atoms with Gasteiger partial charge in [-0.05, 0) is 24.3 Å². The monoisotopic (exact) mass is 403 g/mol. The van der Waals surface area contributed by atoms with E-state index in [0.717, 1.165) is 12.1 Å². The maximum atomic E-state index is 12.0. The van der Waals surface area contributed by atoms with Gasteiger partial charge in [-0.3, -0.25) is 19.7 Å². The van der Waals surface area contributed by atoms with E-state index in [-0.39, 0.29) is 23.4 Å². The van der Waals surface area contributed by atoms with Crippen molar-refractivity contribution < 1.29 is 24.0 Å². The summed E-state index contributed by atoms with van der Waals surface area (Å²) < 4.78 is 10.0. The number of rotatable bonds is 7. The van der Waals surface area contributed by atoms with E-state index >= 15 is 0 Å². The van der Waals surface area contributed by atoms with Gasteiger partial charge in [-0.2, -0.15) is 5.26 Å². The third kappa shape index (κ3) is 5.43. The van der Waals surface area contributed by atoms with Crippen LogP contribution in [-0.4, -0.2) is 30.5 Å². The Hall–Kier alpha value is -3.64. The summed E-state index contributed by atoms with van der Waals surface area (Å²) in [5.41, 5.74) is 0.210. The van der Waals surface area contributed by atoms with Crippen molar-refractivity contribution in [3.05, 3.63) is 62.7 Å². The summed E-state index contributed by atoms with van der Waals surface area (Å²) >= 11 is 5.89. The van der Waals surface area contributed by atoms with Crippen LogP contribution in [0.5, 0.6) is 5.75 Å². The Balaban J connectivity index is 1.96. The molecule has 144 valence electrons. The number of nitrogens with one attached hydrogen (secondary N) is 1. The topological polar surface area (TPSA) is 132 Å². The fraction of sp³-hybridized carbons (Fsp3) is 0.167. The molecule has 2 aromatic carbocycles. The number of esters is 1. The molecule has 28 heavy (non-hydrogen) atoms. The van der Waals surface area contributed by atoms with Crippen LogP contribution in [0.15, 0.2) is 36.4 Å². The number of hydrogen-bond acceptors (Lipinski definition) is 7. The molecule has 2 aromatic rings. The van der Waals surface area contributed by atoms with E-state index in [1.807, 2.05) is 0 Å². The minimum atomic E-state index is -0.697. The predicted octanol–water partition coefficient (Wildman–Crippen LogP) is 2.85. The quantitative estimate of drug-likeness (QED) is 0.427. The fourth-order valence-corrected chi connectivity index (χ4v) is 2.47. The predicted molar refractivity (Wildman–Crippen MR) is 99.1 cm³/mol. The number of ether oxygens (including phenoxy) is 2. The summed E-state index contributed by atoms with van der Waals surface area (Å²) in [5.74, 6) is -0.924. The SMILES string of the molecule is COc1ccc(Cl)cc1CC(=O)OCC(=O)Nc1ccc([N+](=O)[O-])cc1C#N. The Morgan fingerprint density at radius 1 is 1.29 bits per heavy atom. The van der Waals surface area contributed by atoms with Crippen molar-refractivity contribution in [3.8, 4) is 11.8 Å². The number of carbonyl (C=O) groups excluding carboxylic acids is 2. The van der Waals surface area contributed by atoms with E-state index in [2.05, 4.69) is 5.32 Å². The molecule has 0 unspecified atom stereocenters. The Morgan fingerprint density at radius 2 is 2.04 bits per heavy atom. The number of carbonyl (C=O) groups is 2. The zero-order valence-corrected chi connectivity index (χ0v) is 15.4. The first-order chi connectivity index (χ1) is 13.3. The lowest BCUT2D eigenvalue weighted by Gasteiger charge is -2.10. The van der Waals surface area contributed by atoms with Crippen LogP contribution in [0.25, 0.3) is 0 Å². The summed E-state index contributed by atoms with van der Waals surface area (Å²) in [5, 5.41) is 22.6. The number of non-ortho nitro benzene ring substituents is 1. The molecule has 0 aliphatic carbocycles. The standard InChI is InChI=1S/C18H14ClN3O6/c1-27-16-5-2-13(19)6-11(16)8-18(24)28-10-17(23)21-15-4-3-14(22(25)26)7-12(15)9-20/h2-7H,8,10H2,1H3,(H,21,23). The van der Waals surface area contributed by atoms with Crippen LogP contribution in [-0.2, 0) is 20.7 Å². The van der Waals surface area contributed by atoms with Crippen LogP contribution in [0.2, 0.25) is 5.02 Å². The van der Waals surface area contributed by atoms with E-state index in [0.29, 0.717) is 16.3 Å². The highest BCUT2D eigenvalue weighted by molar-refractivity contribution is 6.30. The normalized spacial score (nSPS) is 9.89. The second kappa shape index (κ2) is 9.34. The van der Waals surface area contributed by atoms with E-state index in [4.69, 9.17) is 26.3 Å². The van der Waals surface area contributed by atoms with E-state index in [1.54, 1.807) is 24.3 Å². The van der Waals surface area contributed by atoms with Crippen LogP contribution in [0.4, 0.5) is 11.4 Å². The summed E-state index contributed by atoms with van der Waals surface area (Å²) in [6, 6.07) is 9.94. The van der Waals surface area contributed by atoms with Crippen molar-refractivity contribution in [1.29, 1.82) is 5.26 Å². The Bertz CT molecular complexity index is 970. The molecule has 0 atom stereocenters. The first-order valence-corrected chi connectivity index (χ1v) is 8.18. The van der Waals surface area contributed by atoms with Gasteiger partial charge in [0.05, 0.1) is 29.7 Å². The molecule has 0 saturated heterocycles. The first kappa shape index (κ1) is 20.7. The lowest BCUT2D eigenvalue weighted by Crippen LogP contribution is -2.22. The molecule has 0 saturated carbocycles. The second-order valence-corrected chi connectivity index (χ2v) is 5.88. The van der Waals surface area contributed by atoms with Crippen molar-refractivity contribution in [1.82, 2.24) is 0 Å². The minimum absolute atomic E-state index is 0.0747. The maximum Gasteiger partial charge on any atom is 0.310 e. The van der Waals surface area contributed by atoms with Crippen LogP contribution in [0.3, 0.4) is 0 Å². The summed E-state index contributed by atoms with van der Waals surface area (Å²) in [7, 11) is 1.45. The molecular formula is C18H14ClN3O6. The van der Waals surface area contributed by atoms with Gasteiger partial charge in [-0.1, -0.05) is 11.6 Å². The number of benzene rings is 2. The largest absolute Gasteiger partial charge is 0.496 e. The number of amides is 1. The number of nitriles is 1. The average molecular weight is 404 g/mol. The van der Waals surface area contributed by atoms with Crippen molar-refractivity contribution in [2.45, 2.75) is 6.42 Å². The third-order valence-electron chi connectivity index (χ3n) is 3.55.